The van der Waals surface area contributed by atoms with Gasteiger partial charge in [-0.25, -0.2) is 4.99 Å². The molecule has 0 fully saturated rings. The van der Waals surface area contributed by atoms with Crippen LogP contribution < -0.4 is 15.8 Å². The van der Waals surface area contributed by atoms with Crippen LogP contribution in [-0.2, 0) is 6.54 Å². The highest BCUT2D eigenvalue weighted by Crippen LogP contribution is 2.23. The van der Waals surface area contributed by atoms with E-state index in [0.717, 1.165) is 11.3 Å². The molecular weight excluding hydrogens is 469 g/mol. The molecule has 136 valence electrons. The van der Waals surface area contributed by atoms with Gasteiger partial charge in [0.05, 0.1) is 12.8 Å². The molecule has 0 amide bonds. The summed E-state index contributed by atoms with van der Waals surface area (Å²) in [7, 11) is 1.59. The maximum Gasteiger partial charge on any atom is 0.248 e. The molecule has 3 aromatic rings. The topological polar surface area (TPSA) is 98.6 Å². The van der Waals surface area contributed by atoms with Crippen LogP contribution in [0.25, 0.3) is 11.4 Å². The molecule has 0 aliphatic carbocycles. The fraction of sp³-hybridized carbons (Fsp3) is 0.118. The van der Waals surface area contributed by atoms with Crippen molar-refractivity contribution in [1.29, 1.82) is 0 Å². The molecule has 3 N–H and O–H groups in total. The van der Waals surface area contributed by atoms with Crippen LogP contribution in [0.15, 0.2) is 58.0 Å². The monoisotopic (exact) mass is 485 g/mol. The fourth-order valence-corrected chi connectivity index (χ4v) is 2.33. The van der Waals surface area contributed by atoms with Crippen molar-refractivity contribution in [2.24, 2.45) is 10.7 Å². The Balaban J connectivity index is 0.00000243. The van der Waals surface area contributed by atoms with Crippen molar-refractivity contribution >= 4 is 47.2 Å². The van der Waals surface area contributed by atoms with Crippen LogP contribution in [-0.4, -0.2) is 23.2 Å². The van der Waals surface area contributed by atoms with Crippen molar-refractivity contribution < 1.29 is 9.26 Å². The molecule has 9 heteroatoms. The largest absolute Gasteiger partial charge is 0.495 e. The Labute approximate surface area is 172 Å². The third-order valence-corrected chi connectivity index (χ3v) is 3.54. The molecule has 1 aromatic heterocycles. The van der Waals surface area contributed by atoms with Gasteiger partial charge in [0.15, 0.2) is 5.96 Å². The van der Waals surface area contributed by atoms with E-state index < -0.39 is 0 Å². The highest BCUT2D eigenvalue weighted by atomic mass is 127. The molecular formula is C17H17ClIN5O2. The van der Waals surface area contributed by atoms with Crippen LogP contribution >= 0.6 is 35.6 Å². The Morgan fingerprint density at radius 2 is 2.08 bits per heavy atom. The molecule has 0 bridgehead atoms. The first kappa shape index (κ1) is 20.0. The number of nitrogens with zero attached hydrogens (tertiary/aromatic N) is 3. The SMILES string of the molecule is COc1ccccc1NC(N)=NCc1nc(-c2cccc(Cl)c2)no1.I. The molecule has 0 aliphatic rings. The summed E-state index contributed by atoms with van der Waals surface area (Å²) in [5.41, 5.74) is 7.38. The van der Waals surface area contributed by atoms with E-state index in [4.69, 9.17) is 26.6 Å². The summed E-state index contributed by atoms with van der Waals surface area (Å²) in [5, 5.41) is 7.50. The number of hydrogen-bond donors (Lipinski definition) is 2. The third-order valence-electron chi connectivity index (χ3n) is 3.31. The van der Waals surface area contributed by atoms with E-state index in [1.54, 1.807) is 19.2 Å². The number of nitrogens with two attached hydrogens (primary N) is 1. The number of para-hydroxylation sites is 2. The zero-order chi connectivity index (χ0) is 17.6. The second-order valence-corrected chi connectivity index (χ2v) is 5.49. The summed E-state index contributed by atoms with van der Waals surface area (Å²) < 4.78 is 10.4. The molecule has 0 saturated heterocycles. The Hall–Kier alpha value is -2.33. The van der Waals surface area contributed by atoms with Crippen molar-refractivity contribution in [3.63, 3.8) is 0 Å². The average Bonchev–Trinajstić information content (AvgIpc) is 3.09. The molecule has 0 spiro atoms. The zero-order valence-electron chi connectivity index (χ0n) is 13.8. The Bertz CT molecular complexity index is 900. The van der Waals surface area contributed by atoms with E-state index in [0.29, 0.717) is 22.5 Å². The number of anilines is 1. The smallest absolute Gasteiger partial charge is 0.248 e. The van der Waals surface area contributed by atoms with Crippen molar-refractivity contribution in [3.8, 4) is 17.1 Å². The number of ether oxygens (including phenoxy) is 1. The minimum absolute atomic E-state index is 0. The summed E-state index contributed by atoms with van der Waals surface area (Å²) in [6.07, 6.45) is 0. The number of benzene rings is 2. The Morgan fingerprint density at radius 1 is 1.27 bits per heavy atom. The van der Waals surface area contributed by atoms with E-state index in [9.17, 15) is 0 Å². The number of methoxy groups -OCH3 is 1. The fourth-order valence-electron chi connectivity index (χ4n) is 2.14. The van der Waals surface area contributed by atoms with Crippen molar-refractivity contribution in [2.45, 2.75) is 6.54 Å². The molecule has 0 atom stereocenters. The van der Waals surface area contributed by atoms with Crippen LogP contribution in [0.5, 0.6) is 5.75 Å². The van der Waals surface area contributed by atoms with Crippen LogP contribution in [0.3, 0.4) is 0 Å². The lowest BCUT2D eigenvalue weighted by Gasteiger charge is -2.09. The van der Waals surface area contributed by atoms with Crippen LogP contribution in [0.2, 0.25) is 5.02 Å². The Kier molecular flexibility index (Phi) is 7.22. The number of nitrogens with one attached hydrogen (secondary N) is 1. The van der Waals surface area contributed by atoms with Gasteiger partial charge in [0.25, 0.3) is 0 Å². The normalized spacial score (nSPS) is 10.9. The number of hydrogen-bond acceptors (Lipinski definition) is 5. The minimum Gasteiger partial charge on any atom is -0.495 e. The highest BCUT2D eigenvalue weighted by molar-refractivity contribution is 14.0. The first-order chi connectivity index (χ1) is 12.2. The maximum absolute atomic E-state index is 5.96. The lowest BCUT2D eigenvalue weighted by molar-refractivity contribution is 0.381. The lowest BCUT2D eigenvalue weighted by atomic mass is 10.2. The summed E-state index contributed by atoms with van der Waals surface area (Å²) in [6.45, 7) is 0.154. The highest BCUT2D eigenvalue weighted by Gasteiger charge is 2.09. The van der Waals surface area contributed by atoms with Gasteiger partial charge < -0.3 is 20.3 Å². The van der Waals surface area contributed by atoms with Gasteiger partial charge in [0.2, 0.25) is 11.7 Å². The lowest BCUT2D eigenvalue weighted by Crippen LogP contribution is -2.22. The van der Waals surface area contributed by atoms with Crippen molar-refractivity contribution in [2.75, 3.05) is 12.4 Å². The van der Waals surface area contributed by atoms with Gasteiger partial charge in [-0.2, -0.15) is 4.98 Å². The number of aliphatic imine (C=N–C) groups is 1. The first-order valence-corrected chi connectivity index (χ1v) is 7.82. The molecule has 0 aliphatic heterocycles. The van der Waals surface area contributed by atoms with E-state index in [2.05, 4.69) is 20.4 Å². The molecule has 26 heavy (non-hydrogen) atoms. The predicted octanol–water partition coefficient (Wildman–Crippen LogP) is 3.94. The predicted molar refractivity (Wildman–Crippen MR) is 112 cm³/mol. The average molecular weight is 486 g/mol. The van der Waals surface area contributed by atoms with Crippen LogP contribution in [0, 0.1) is 0 Å². The molecule has 0 saturated carbocycles. The van der Waals surface area contributed by atoms with E-state index in [-0.39, 0.29) is 36.5 Å². The summed E-state index contributed by atoms with van der Waals surface area (Å²) in [5.74, 6) is 1.68. The van der Waals surface area contributed by atoms with Crippen LogP contribution in [0.1, 0.15) is 5.89 Å². The number of aromatic nitrogens is 2. The van der Waals surface area contributed by atoms with Gasteiger partial charge in [-0.3, -0.25) is 0 Å². The second kappa shape index (κ2) is 9.39. The van der Waals surface area contributed by atoms with Gasteiger partial charge in [-0.15, -0.1) is 24.0 Å². The van der Waals surface area contributed by atoms with Crippen molar-refractivity contribution in [1.82, 2.24) is 10.1 Å². The molecule has 0 radical (unpaired) electrons. The number of guanidine groups is 1. The molecule has 2 aromatic carbocycles. The summed E-state index contributed by atoms with van der Waals surface area (Å²) in [4.78, 5) is 8.48. The van der Waals surface area contributed by atoms with Crippen molar-refractivity contribution in [3.05, 3.63) is 59.4 Å². The number of halogens is 2. The third kappa shape index (κ3) is 5.09. The minimum atomic E-state index is 0. The standard InChI is InChI=1S/C17H16ClN5O2.HI/c1-24-14-8-3-2-7-13(14)21-17(19)20-10-15-22-16(23-25-15)11-5-4-6-12(18)9-11;/h2-9H,10H2,1H3,(H3,19,20,21);1H. The van der Waals surface area contributed by atoms with Gasteiger partial charge in [0, 0.05) is 10.6 Å². The van der Waals surface area contributed by atoms with Gasteiger partial charge in [-0.05, 0) is 24.3 Å². The van der Waals surface area contributed by atoms with E-state index in [1.165, 1.54) is 0 Å². The first-order valence-electron chi connectivity index (χ1n) is 7.44. The van der Waals surface area contributed by atoms with Gasteiger partial charge >= 0.3 is 0 Å². The van der Waals surface area contributed by atoms with Gasteiger partial charge in [-0.1, -0.05) is 41.0 Å². The molecule has 3 rings (SSSR count). The quantitative estimate of drug-likeness (QED) is 0.323. The summed E-state index contributed by atoms with van der Waals surface area (Å²) in [6, 6.07) is 14.6. The van der Waals surface area contributed by atoms with E-state index >= 15 is 0 Å². The molecule has 0 unspecified atom stereocenters. The molecule has 1 heterocycles. The molecule has 7 nitrogen and oxygen atoms in total. The van der Waals surface area contributed by atoms with Crippen LogP contribution in [0.4, 0.5) is 5.69 Å². The zero-order valence-corrected chi connectivity index (χ0v) is 16.9. The Morgan fingerprint density at radius 3 is 2.85 bits per heavy atom. The van der Waals surface area contributed by atoms with E-state index in [1.807, 2.05) is 36.4 Å². The van der Waals surface area contributed by atoms with Gasteiger partial charge in [0.1, 0.15) is 12.3 Å². The second-order valence-electron chi connectivity index (χ2n) is 5.05. The number of rotatable bonds is 5. The maximum atomic E-state index is 5.96. The summed E-state index contributed by atoms with van der Waals surface area (Å²) >= 11 is 5.96.